The van der Waals surface area contributed by atoms with Crippen molar-refractivity contribution in [3.8, 4) is 0 Å². The Balaban J connectivity index is 1.52. The molecule has 6 atom stereocenters. The molecule has 4 heteroatoms. The molecule has 1 heterocycles. The van der Waals surface area contributed by atoms with Crippen LogP contribution in [0.5, 0.6) is 0 Å². The third-order valence-electron chi connectivity index (χ3n) is 9.97. The lowest BCUT2D eigenvalue weighted by Crippen LogP contribution is -2.54. The van der Waals surface area contributed by atoms with Crippen molar-refractivity contribution in [3.63, 3.8) is 0 Å². The van der Waals surface area contributed by atoms with Gasteiger partial charge in [0.25, 0.3) is 0 Å². The second-order valence-corrected chi connectivity index (χ2v) is 11.4. The van der Waals surface area contributed by atoms with Crippen molar-refractivity contribution < 1.29 is 19.4 Å². The molecule has 0 saturated heterocycles. The van der Waals surface area contributed by atoms with Gasteiger partial charge in [0.1, 0.15) is 17.5 Å². The highest BCUT2D eigenvalue weighted by Gasteiger charge is 2.59. The Morgan fingerprint density at radius 2 is 1.91 bits per heavy atom. The minimum atomic E-state index is -1.09. The average Bonchev–Trinajstić information content (AvgIpc) is 3.10. The highest BCUT2D eigenvalue weighted by atomic mass is 16.6. The molecule has 0 aromatic heterocycles. The lowest BCUT2D eigenvalue weighted by atomic mass is 9.52. The fourth-order valence-electron chi connectivity index (χ4n) is 7.77. The maximum atomic E-state index is 13.1. The van der Waals surface area contributed by atoms with Crippen molar-refractivity contribution in [3.05, 3.63) is 46.1 Å². The summed E-state index contributed by atoms with van der Waals surface area (Å²) in [6.07, 6.45) is 11.7. The van der Waals surface area contributed by atoms with Gasteiger partial charge in [0.15, 0.2) is 0 Å². The van der Waals surface area contributed by atoms with Crippen molar-refractivity contribution >= 4 is 11.8 Å². The quantitative estimate of drug-likeness (QED) is 0.466. The molecule has 0 unspecified atom stereocenters. The first kappa shape index (κ1) is 21.9. The number of cyclic esters (lactones) is 1. The van der Waals surface area contributed by atoms with Gasteiger partial charge in [0, 0.05) is 24.3 Å². The normalized spacial score (nSPS) is 40.9. The van der Waals surface area contributed by atoms with E-state index in [-0.39, 0.29) is 23.2 Å². The van der Waals surface area contributed by atoms with Crippen molar-refractivity contribution in [1.82, 2.24) is 0 Å². The molecule has 0 bridgehead atoms. The molecule has 1 saturated carbocycles. The fraction of sp³-hybridized carbons (Fsp3) is 0.643. The van der Waals surface area contributed by atoms with E-state index in [0.29, 0.717) is 24.2 Å². The molecule has 0 aromatic rings. The van der Waals surface area contributed by atoms with Crippen LogP contribution in [0.15, 0.2) is 46.1 Å². The molecule has 5 rings (SSSR count). The van der Waals surface area contributed by atoms with Crippen LogP contribution in [0, 0.1) is 22.7 Å². The Hall–Kier alpha value is -1.94. The summed E-state index contributed by atoms with van der Waals surface area (Å²) < 4.78 is 5.75. The van der Waals surface area contributed by atoms with E-state index in [1.165, 1.54) is 16.7 Å². The van der Waals surface area contributed by atoms with E-state index < -0.39 is 17.1 Å². The van der Waals surface area contributed by atoms with Gasteiger partial charge in [0.2, 0.25) is 0 Å². The number of Topliss-reactive ketones (excluding diaryl/α,β-unsaturated/α-hetero) is 1. The van der Waals surface area contributed by atoms with Gasteiger partial charge in [-0.25, -0.2) is 4.79 Å². The summed E-state index contributed by atoms with van der Waals surface area (Å²) in [5.41, 5.74) is 4.16. The minimum absolute atomic E-state index is 0.0302. The average molecular weight is 437 g/mol. The van der Waals surface area contributed by atoms with Crippen molar-refractivity contribution in [2.45, 2.75) is 91.3 Å². The molecule has 0 aromatic carbocycles. The number of allylic oxidation sites excluding steroid dienone is 6. The zero-order valence-corrected chi connectivity index (χ0v) is 20.1. The Morgan fingerprint density at radius 1 is 1.16 bits per heavy atom. The number of ketones is 1. The van der Waals surface area contributed by atoms with Gasteiger partial charge >= 0.3 is 5.97 Å². The van der Waals surface area contributed by atoms with E-state index in [4.69, 9.17) is 4.74 Å². The predicted octanol–water partition coefficient (Wildman–Crippen LogP) is 5.38. The standard InChI is InChI=1S/C28H36O4/c1-16-15-24(32-25(30)17(16)2)28(5,31)22-12-11-20-19-10-9-18-7-6-8-23(29)27(18,4)21(19)13-14-26(20,22)3/h6-7,9,21-22,24,31H,8,10-15H2,1-5H3/t21-,22-,24+,26-,27-,28+/m0/s1. The Morgan fingerprint density at radius 3 is 2.62 bits per heavy atom. The van der Waals surface area contributed by atoms with Gasteiger partial charge in [-0.05, 0) is 76.7 Å². The Bertz CT molecular complexity index is 1020. The molecule has 0 radical (unpaired) electrons. The number of fused-ring (bicyclic) bond motifs is 4. The van der Waals surface area contributed by atoms with Crippen LogP contribution in [0.1, 0.15) is 79.6 Å². The topological polar surface area (TPSA) is 63.6 Å². The molecule has 4 aliphatic carbocycles. The number of carbonyl (C=O) groups excluding carboxylic acids is 2. The van der Waals surface area contributed by atoms with E-state index in [1.807, 2.05) is 19.9 Å². The van der Waals surface area contributed by atoms with Crippen LogP contribution in [0.25, 0.3) is 0 Å². The van der Waals surface area contributed by atoms with Crippen LogP contribution in [-0.4, -0.2) is 28.6 Å². The summed E-state index contributed by atoms with van der Waals surface area (Å²) in [5.74, 6) is 0.340. The number of rotatable bonds is 2. The Kier molecular flexibility index (Phi) is 4.81. The first-order valence-corrected chi connectivity index (χ1v) is 12.2. The van der Waals surface area contributed by atoms with Crippen LogP contribution < -0.4 is 0 Å². The van der Waals surface area contributed by atoms with Crippen molar-refractivity contribution in [2.75, 3.05) is 0 Å². The number of esters is 1. The SMILES string of the molecule is CC1=C(C)C(=O)O[C@@H]([C@](C)(O)[C@H]2CCC3=C4CC=C5C=CCC(=O)[C@]5(C)[C@H]4CC[C@@]32C)C1. The summed E-state index contributed by atoms with van der Waals surface area (Å²) in [4.78, 5) is 25.5. The summed E-state index contributed by atoms with van der Waals surface area (Å²) in [6.45, 7) is 10.1. The van der Waals surface area contributed by atoms with E-state index >= 15 is 0 Å². The molecule has 1 aliphatic heterocycles. The molecule has 172 valence electrons. The zero-order chi connectivity index (χ0) is 23.1. The highest BCUT2D eigenvalue weighted by molar-refractivity contribution is 5.92. The van der Waals surface area contributed by atoms with Crippen molar-refractivity contribution in [1.29, 1.82) is 0 Å². The third kappa shape index (κ3) is 2.77. The molecule has 4 nitrogen and oxygen atoms in total. The van der Waals surface area contributed by atoms with Gasteiger partial charge in [-0.2, -0.15) is 0 Å². The first-order chi connectivity index (χ1) is 15.0. The van der Waals surface area contributed by atoms with E-state index in [9.17, 15) is 14.7 Å². The summed E-state index contributed by atoms with van der Waals surface area (Å²) in [6, 6.07) is 0. The molecular formula is C28H36O4. The number of hydrogen-bond donors (Lipinski definition) is 1. The molecular weight excluding hydrogens is 400 g/mol. The maximum Gasteiger partial charge on any atom is 0.334 e. The third-order valence-corrected chi connectivity index (χ3v) is 9.97. The summed E-state index contributed by atoms with van der Waals surface area (Å²) in [5, 5.41) is 11.8. The van der Waals surface area contributed by atoms with Crippen LogP contribution >= 0.6 is 0 Å². The second kappa shape index (κ2) is 7.03. The molecule has 1 N–H and O–H groups in total. The summed E-state index contributed by atoms with van der Waals surface area (Å²) >= 11 is 0. The van der Waals surface area contributed by atoms with Crippen LogP contribution in [0.4, 0.5) is 0 Å². The molecule has 5 aliphatic rings. The largest absolute Gasteiger partial charge is 0.456 e. The predicted molar refractivity (Wildman–Crippen MR) is 124 cm³/mol. The number of ether oxygens (including phenoxy) is 1. The highest BCUT2D eigenvalue weighted by Crippen LogP contribution is 2.64. The number of carbonyl (C=O) groups is 2. The molecule has 0 amide bonds. The number of hydrogen-bond acceptors (Lipinski definition) is 4. The second-order valence-electron chi connectivity index (χ2n) is 11.4. The summed E-state index contributed by atoms with van der Waals surface area (Å²) in [7, 11) is 0. The smallest absolute Gasteiger partial charge is 0.334 e. The number of aliphatic hydroxyl groups is 1. The molecule has 1 fully saturated rings. The molecule has 32 heavy (non-hydrogen) atoms. The zero-order valence-electron chi connectivity index (χ0n) is 20.1. The van der Waals surface area contributed by atoms with Crippen molar-refractivity contribution in [2.24, 2.45) is 22.7 Å². The lowest BCUT2D eigenvalue weighted by molar-refractivity contribution is -0.175. The maximum absolute atomic E-state index is 13.1. The van der Waals surface area contributed by atoms with Gasteiger partial charge in [-0.3, -0.25) is 4.79 Å². The van der Waals surface area contributed by atoms with Crippen LogP contribution in [0.3, 0.4) is 0 Å². The fourth-order valence-corrected chi connectivity index (χ4v) is 7.77. The van der Waals surface area contributed by atoms with E-state index in [1.54, 1.807) is 6.92 Å². The van der Waals surface area contributed by atoms with Crippen LogP contribution in [-0.2, 0) is 14.3 Å². The van der Waals surface area contributed by atoms with Gasteiger partial charge in [0.05, 0.1) is 5.41 Å². The first-order valence-electron chi connectivity index (χ1n) is 12.2. The van der Waals surface area contributed by atoms with E-state index in [0.717, 1.165) is 37.7 Å². The molecule has 0 spiro atoms. The van der Waals surface area contributed by atoms with Crippen LogP contribution in [0.2, 0.25) is 0 Å². The van der Waals surface area contributed by atoms with E-state index in [2.05, 4.69) is 26.0 Å². The minimum Gasteiger partial charge on any atom is -0.456 e. The van der Waals surface area contributed by atoms with Gasteiger partial charge in [-0.15, -0.1) is 0 Å². The lowest BCUT2D eigenvalue weighted by Gasteiger charge is -2.52. The van der Waals surface area contributed by atoms with Gasteiger partial charge < -0.3 is 9.84 Å². The Labute approximate surface area is 191 Å². The van der Waals surface area contributed by atoms with Gasteiger partial charge in [-0.1, -0.05) is 41.9 Å². The monoisotopic (exact) mass is 436 g/mol.